The summed E-state index contributed by atoms with van der Waals surface area (Å²) in [6, 6.07) is 7.10. The third-order valence-corrected chi connectivity index (χ3v) is 13.1. The zero-order chi connectivity index (χ0) is 38.3. The Labute approximate surface area is 324 Å². The van der Waals surface area contributed by atoms with Gasteiger partial charge in [-0.3, -0.25) is 14.5 Å². The molecule has 4 atom stereocenters. The number of benzene rings is 3. The van der Waals surface area contributed by atoms with Crippen LogP contribution in [0.5, 0.6) is 11.8 Å². The summed E-state index contributed by atoms with van der Waals surface area (Å²) in [7, 11) is 3.52. The fraction of sp³-hybridized carbons (Fsp3) is 0.512. The first-order chi connectivity index (χ1) is 27.2. The van der Waals surface area contributed by atoms with Crippen LogP contribution in [-0.2, 0) is 16.5 Å². The van der Waals surface area contributed by atoms with Crippen LogP contribution in [0.4, 0.5) is 14.6 Å². The SMILES string of the molecule is C#Cc1c(F)ccc2cc(O)cc(-c3c(F)c4nc(OCC5(CN6C7CCC6COC7)CC5)nc(N5[C@@H]6CC[C@H]5CN(CCCOC)C6)c4c4cn(C)nc34)c12. The lowest BCUT2D eigenvalue weighted by molar-refractivity contribution is -0.0271. The van der Waals surface area contributed by atoms with Gasteiger partial charge in [0.15, 0.2) is 5.82 Å². The first kappa shape index (κ1) is 35.8. The van der Waals surface area contributed by atoms with E-state index in [2.05, 4.69) is 20.6 Å². The Kier molecular flexibility index (Phi) is 8.81. The number of nitrogens with zero attached hydrogens (tertiary/aromatic N) is 7. The standard InChI is InChI=1S/C43H47F2N7O4/c1-4-31-34(44)11-6-25-16-30(53)17-32(35(25)31)36-38(45)40-37(33-20-49(2)48-39(33)36)41(52-26-7-8-27(52)19-50(18-26)14-5-15-54-3)47-42(46-40)56-24-43(12-13-43)23-51-28-9-10-29(51)22-55-21-28/h1,6,11,16-17,20,26-29,53H,5,7-10,12-15,18-19,21-24H2,2-3H3/t26-,27+,28?,29?. The molecule has 4 aliphatic heterocycles. The van der Waals surface area contributed by atoms with E-state index in [1.807, 2.05) is 6.20 Å². The molecule has 2 unspecified atom stereocenters. The van der Waals surface area contributed by atoms with E-state index >= 15 is 8.78 Å². The molecule has 5 aromatic rings. The average Bonchev–Trinajstić information content (AvgIpc) is 3.70. The Morgan fingerprint density at radius 3 is 2.46 bits per heavy atom. The Hall–Kier alpha value is -4.61. The van der Waals surface area contributed by atoms with Crippen molar-refractivity contribution in [1.29, 1.82) is 0 Å². The number of phenols is 1. The van der Waals surface area contributed by atoms with Gasteiger partial charge in [-0.15, -0.1) is 6.42 Å². The van der Waals surface area contributed by atoms with Crippen LogP contribution in [0.2, 0.25) is 0 Å². The number of aromatic nitrogens is 4. The summed E-state index contributed by atoms with van der Waals surface area (Å²) in [5, 5.41) is 17.7. The van der Waals surface area contributed by atoms with Crippen LogP contribution in [0.1, 0.15) is 50.5 Å². The van der Waals surface area contributed by atoms with E-state index in [4.69, 9.17) is 35.7 Å². The summed E-state index contributed by atoms with van der Waals surface area (Å²) >= 11 is 0. The second-order valence-electron chi connectivity index (χ2n) is 16.7. The lowest BCUT2D eigenvalue weighted by atomic mass is 9.91. The van der Waals surface area contributed by atoms with Crippen LogP contribution in [0.25, 0.3) is 43.7 Å². The molecular weight excluding hydrogens is 717 g/mol. The molecule has 4 saturated heterocycles. The van der Waals surface area contributed by atoms with Crippen molar-refractivity contribution in [3.8, 4) is 35.2 Å². The Morgan fingerprint density at radius 2 is 1.75 bits per heavy atom. The van der Waals surface area contributed by atoms with Gasteiger partial charge in [0.1, 0.15) is 28.4 Å². The van der Waals surface area contributed by atoms with Gasteiger partial charge in [0.05, 0.1) is 30.8 Å². The van der Waals surface area contributed by atoms with Crippen molar-refractivity contribution in [1.82, 2.24) is 29.5 Å². The highest BCUT2D eigenvalue weighted by Crippen LogP contribution is 2.50. The molecule has 1 aliphatic carbocycles. The summed E-state index contributed by atoms with van der Waals surface area (Å²) in [4.78, 5) is 17.6. The quantitative estimate of drug-likeness (QED) is 0.127. The average molecular weight is 764 g/mol. The number of morpholine rings is 1. The number of aryl methyl sites for hydroxylation is 1. The molecule has 292 valence electrons. The number of likely N-dealkylation sites (tertiary alicyclic amines) is 1. The highest BCUT2D eigenvalue weighted by Gasteiger charge is 2.50. The smallest absolute Gasteiger partial charge is 0.319 e. The summed E-state index contributed by atoms with van der Waals surface area (Å²) < 4.78 is 52.6. The molecule has 11 nitrogen and oxygen atoms in total. The van der Waals surface area contributed by atoms with Crippen molar-refractivity contribution in [2.45, 2.75) is 69.1 Å². The maximum absolute atomic E-state index is 17.9. The van der Waals surface area contributed by atoms with E-state index in [1.54, 1.807) is 18.8 Å². The van der Waals surface area contributed by atoms with Crippen LogP contribution >= 0.6 is 0 Å². The number of fused-ring (bicyclic) bond motifs is 8. The van der Waals surface area contributed by atoms with Gasteiger partial charge in [-0.25, -0.2) is 8.78 Å². The number of anilines is 1. The second-order valence-corrected chi connectivity index (χ2v) is 16.7. The second kappa shape index (κ2) is 13.8. The number of methoxy groups -OCH3 is 1. The maximum atomic E-state index is 17.9. The van der Waals surface area contributed by atoms with Crippen molar-refractivity contribution in [2.75, 3.05) is 64.6 Å². The van der Waals surface area contributed by atoms with E-state index in [0.717, 1.165) is 84.3 Å². The molecule has 56 heavy (non-hydrogen) atoms. The molecular formula is C43H47F2N7O4. The van der Waals surface area contributed by atoms with Crippen LogP contribution in [0, 0.1) is 29.4 Å². The molecule has 6 heterocycles. The molecule has 3 aromatic carbocycles. The molecule has 2 aromatic heterocycles. The molecule has 0 amide bonds. The van der Waals surface area contributed by atoms with Gasteiger partial charge >= 0.3 is 6.01 Å². The summed E-state index contributed by atoms with van der Waals surface area (Å²) in [6.45, 7) is 6.31. The number of halogens is 2. The molecule has 10 rings (SSSR count). The van der Waals surface area contributed by atoms with Gasteiger partial charge in [0.25, 0.3) is 0 Å². The van der Waals surface area contributed by atoms with Crippen molar-refractivity contribution in [3.63, 3.8) is 0 Å². The minimum atomic E-state index is -0.657. The molecule has 0 radical (unpaired) electrons. The van der Waals surface area contributed by atoms with Crippen LogP contribution in [0.15, 0.2) is 30.5 Å². The van der Waals surface area contributed by atoms with Gasteiger partial charge in [-0.1, -0.05) is 12.0 Å². The molecule has 1 N–H and O–H groups in total. The van der Waals surface area contributed by atoms with E-state index < -0.39 is 11.6 Å². The van der Waals surface area contributed by atoms with Crippen molar-refractivity contribution < 1.29 is 28.1 Å². The largest absolute Gasteiger partial charge is 0.508 e. The van der Waals surface area contributed by atoms with Crippen LogP contribution < -0.4 is 9.64 Å². The third-order valence-electron chi connectivity index (χ3n) is 13.1. The van der Waals surface area contributed by atoms with Gasteiger partial charge in [0, 0.05) is 99.1 Å². The van der Waals surface area contributed by atoms with Crippen LogP contribution in [-0.4, -0.2) is 119 Å². The predicted octanol–water partition coefficient (Wildman–Crippen LogP) is 6.01. The number of hydrogen-bond donors (Lipinski definition) is 1. The summed E-state index contributed by atoms with van der Waals surface area (Å²) in [5.41, 5.74) is 0.721. The minimum absolute atomic E-state index is 0.0168. The number of terminal acetylenes is 1. The number of ether oxygens (including phenoxy) is 3. The van der Waals surface area contributed by atoms with Gasteiger partial charge in [-0.2, -0.15) is 15.1 Å². The van der Waals surface area contributed by atoms with E-state index in [-0.39, 0.29) is 51.5 Å². The monoisotopic (exact) mass is 763 g/mol. The topological polar surface area (TPSA) is 101 Å². The highest BCUT2D eigenvalue weighted by atomic mass is 19.1. The predicted molar refractivity (Wildman–Crippen MR) is 210 cm³/mol. The normalized spacial score (nSPS) is 24.4. The molecule has 5 fully saturated rings. The molecule has 5 aliphatic rings. The number of piperazine rings is 1. The first-order valence-electron chi connectivity index (χ1n) is 20.0. The lowest BCUT2D eigenvalue weighted by Crippen LogP contribution is -2.54. The Balaban J connectivity index is 1.12. The maximum Gasteiger partial charge on any atom is 0.319 e. The first-order valence-corrected chi connectivity index (χ1v) is 20.0. The van der Waals surface area contributed by atoms with Gasteiger partial charge < -0.3 is 24.2 Å². The van der Waals surface area contributed by atoms with Crippen molar-refractivity contribution in [3.05, 3.63) is 47.7 Å². The number of rotatable bonds is 11. The lowest BCUT2D eigenvalue weighted by Gasteiger charge is -2.42. The third kappa shape index (κ3) is 5.95. The van der Waals surface area contributed by atoms with Crippen LogP contribution in [0.3, 0.4) is 0 Å². The van der Waals surface area contributed by atoms with Crippen molar-refractivity contribution >= 4 is 38.4 Å². The number of aromatic hydroxyl groups is 1. The van der Waals surface area contributed by atoms with Gasteiger partial charge in [-0.05, 0) is 74.1 Å². The minimum Gasteiger partial charge on any atom is -0.508 e. The summed E-state index contributed by atoms with van der Waals surface area (Å²) in [5.74, 6) is 1.74. The number of phenolic OH excluding ortho intramolecular Hbond substituents is 1. The Morgan fingerprint density at radius 1 is 1.00 bits per heavy atom. The number of hydrogen-bond acceptors (Lipinski definition) is 10. The zero-order valence-corrected chi connectivity index (χ0v) is 31.9. The molecule has 0 spiro atoms. The van der Waals surface area contributed by atoms with E-state index in [1.165, 1.54) is 24.3 Å². The van der Waals surface area contributed by atoms with Crippen molar-refractivity contribution in [2.24, 2.45) is 12.5 Å². The highest BCUT2D eigenvalue weighted by molar-refractivity contribution is 6.18. The zero-order valence-electron chi connectivity index (χ0n) is 31.9. The van der Waals surface area contributed by atoms with Gasteiger partial charge in [0.2, 0.25) is 0 Å². The van der Waals surface area contributed by atoms with E-state index in [0.29, 0.717) is 58.2 Å². The van der Waals surface area contributed by atoms with E-state index in [9.17, 15) is 5.11 Å². The fourth-order valence-corrected chi connectivity index (χ4v) is 10.2. The Bertz CT molecular complexity index is 2380. The molecule has 4 bridgehead atoms. The fourth-order valence-electron chi connectivity index (χ4n) is 10.2. The molecule has 1 saturated carbocycles. The summed E-state index contributed by atoms with van der Waals surface area (Å²) in [6.07, 6.45) is 15.1. The molecule has 13 heteroatoms.